The standard InChI is InChI=1S/C26H26FN3O3S/c27-22-9-5-4-6-18(22)14-15-28-26(32)23-17-34-24(30-23)16-29-25(31)19-10-12-21(13-11-19)33-20-7-2-1-3-8-20/h2,4-7,9-13,17,20H,1,3,8,14-16H2,(H,28,32)(H,29,31). The van der Waals surface area contributed by atoms with Gasteiger partial charge in [0.1, 0.15) is 28.4 Å². The van der Waals surface area contributed by atoms with Crippen LogP contribution in [0.4, 0.5) is 4.39 Å². The maximum Gasteiger partial charge on any atom is 0.270 e. The third-order valence-corrected chi connectivity index (χ3v) is 6.29. The van der Waals surface area contributed by atoms with Gasteiger partial charge < -0.3 is 15.4 Å². The average Bonchev–Trinajstić information content (AvgIpc) is 3.34. The molecule has 0 saturated heterocycles. The highest BCUT2D eigenvalue weighted by Crippen LogP contribution is 2.19. The molecule has 176 valence electrons. The Hall–Kier alpha value is -3.52. The minimum Gasteiger partial charge on any atom is -0.486 e. The van der Waals surface area contributed by atoms with Crippen LogP contribution in [-0.2, 0) is 13.0 Å². The smallest absolute Gasteiger partial charge is 0.270 e. The summed E-state index contributed by atoms with van der Waals surface area (Å²) in [7, 11) is 0. The maximum absolute atomic E-state index is 13.7. The first-order chi connectivity index (χ1) is 16.6. The Morgan fingerprint density at radius 2 is 1.91 bits per heavy atom. The van der Waals surface area contributed by atoms with Crippen LogP contribution in [0, 0.1) is 5.82 Å². The summed E-state index contributed by atoms with van der Waals surface area (Å²) in [6.07, 6.45) is 7.91. The van der Waals surface area contributed by atoms with Crippen LogP contribution in [-0.4, -0.2) is 29.4 Å². The van der Waals surface area contributed by atoms with Crippen LogP contribution in [0.25, 0.3) is 0 Å². The Labute approximate surface area is 201 Å². The van der Waals surface area contributed by atoms with E-state index in [1.165, 1.54) is 17.4 Å². The normalized spacial score (nSPS) is 15.0. The molecule has 1 aliphatic rings. The van der Waals surface area contributed by atoms with E-state index < -0.39 is 0 Å². The number of nitrogens with zero attached hydrogens (tertiary/aromatic N) is 1. The molecule has 8 heteroatoms. The Balaban J connectivity index is 1.22. The Kier molecular flexibility index (Phi) is 8.04. The number of rotatable bonds is 9. The number of nitrogens with one attached hydrogen (secondary N) is 2. The second-order valence-electron chi connectivity index (χ2n) is 7.95. The molecule has 0 bridgehead atoms. The summed E-state index contributed by atoms with van der Waals surface area (Å²) in [5.74, 6) is -0.102. The van der Waals surface area contributed by atoms with Gasteiger partial charge in [0.05, 0.1) is 6.54 Å². The molecule has 0 spiro atoms. The zero-order valence-electron chi connectivity index (χ0n) is 18.6. The highest BCUT2D eigenvalue weighted by molar-refractivity contribution is 7.09. The molecule has 1 aliphatic carbocycles. The number of aromatic nitrogens is 1. The fourth-order valence-corrected chi connectivity index (χ4v) is 4.31. The van der Waals surface area contributed by atoms with Crippen molar-refractivity contribution in [1.29, 1.82) is 0 Å². The molecule has 0 radical (unpaired) electrons. The van der Waals surface area contributed by atoms with Gasteiger partial charge in [-0.05, 0) is 67.7 Å². The molecule has 34 heavy (non-hydrogen) atoms. The summed E-state index contributed by atoms with van der Waals surface area (Å²) < 4.78 is 19.6. The first-order valence-electron chi connectivity index (χ1n) is 11.3. The van der Waals surface area contributed by atoms with Gasteiger partial charge in [0, 0.05) is 17.5 Å². The lowest BCUT2D eigenvalue weighted by Crippen LogP contribution is -2.26. The van der Waals surface area contributed by atoms with Gasteiger partial charge in [0.15, 0.2) is 0 Å². The number of amides is 2. The van der Waals surface area contributed by atoms with Gasteiger partial charge >= 0.3 is 0 Å². The number of allylic oxidation sites excluding steroid dienone is 1. The molecule has 1 aromatic heterocycles. The molecule has 6 nitrogen and oxygen atoms in total. The van der Waals surface area contributed by atoms with Crippen LogP contribution < -0.4 is 15.4 Å². The predicted octanol–water partition coefficient (Wildman–Crippen LogP) is 4.67. The van der Waals surface area contributed by atoms with E-state index in [9.17, 15) is 14.0 Å². The van der Waals surface area contributed by atoms with Gasteiger partial charge in [-0.25, -0.2) is 9.37 Å². The van der Waals surface area contributed by atoms with Gasteiger partial charge in [0.2, 0.25) is 0 Å². The summed E-state index contributed by atoms with van der Waals surface area (Å²) in [6.45, 7) is 0.525. The van der Waals surface area contributed by atoms with Crippen molar-refractivity contribution in [3.63, 3.8) is 0 Å². The third kappa shape index (κ3) is 6.51. The van der Waals surface area contributed by atoms with Crippen molar-refractivity contribution in [2.45, 2.75) is 38.3 Å². The Morgan fingerprint density at radius 1 is 1.09 bits per heavy atom. The predicted molar refractivity (Wildman–Crippen MR) is 130 cm³/mol. The number of halogens is 1. The fraction of sp³-hybridized carbons (Fsp3) is 0.269. The van der Waals surface area contributed by atoms with Crippen molar-refractivity contribution in [1.82, 2.24) is 15.6 Å². The van der Waals surface area contributed by atoms with Crippen LogP contribution in [0.2, 0.25) is 0 Å². The molecule has 0 aliphatic heterocycles. The summed E-state index contributed by atoms with van der Waals surface area (Å²) in [5, 5.41) is 7.84. The first kappa shape index (κ1) is 23.6. The number of carbonyl (C=O) groups is 2. The molecule has 2 N–H and O–H groups in total. The van der Waals surface area contributed by atoms with Crippen LogP contribution in [0.15, 0.2) is 66.1 Å². The fourth-order valence-electron chi connectivity index (χ4n) is 3.60. The molecular formula is C26H26FN3O3S. The third-order valence-electron chi connectivity index (χ3n) is 5.44. The van der Waals surface area contributed by atoms with E-state index in [1.54, 1.807) is 47.8 Å². The lowest BCUT2D eigenvalue weighted by Gasteiger charge is -2.18. The zero-order valence-corrected chi connectivity index (χ0v) is 19.4. The van der Waals surface area contributed by atoms with Crippen molar-refractivity contribution in [2.24, 2.45) is 0 Å². The highest BCUT2D eigenvalue weighted by Gasteiger charge is 2.13. The number of thiazole rings is 1. The van der Waals surface area contributed by atoms with Gasteiger partial charge in [-0.3, -0.25) is 9.59 Å². The number of hydrogen-bond acceptors (Lipinski definition) is 5. The van der Waals surface area contributed by atoms with E-state index >= 15 is 0 Å². The van der Waals surface area contributed by atoms with E-state index in [1.807, 2.05) is 0 Å². The van der Waals surface area contributed by atoms with Gasteiger partial charge in [0.25, 0.3) is 11.8 Å². The molecule has 4 rings (SSSR count). The van der Waals surface area contributed by atoms with Crippen molar-refractivity contribution < 1.29 is 18.7 Å². The van der Waals surface area contributed by atoms with Crippen LogP contribution in [0.5, 0.6) is 5.75 Å². The number of carbonyl (C=O) groups excluding carboxylic acids is 2. The van der Waals surface area contributed by atoms with E-state index in [-0.39, 0.29) is 36.0 Å². The average molecular weight is 480 g/mol. The molecule has 0 fully saturated rings. The molecule has 2 aromatic carbocycles. The van der Waals surface area contributed by atoms with Crippen molar-refractivity contribution >= 4 is 23.2 Å². The van der Waals surface area contributed by atoms with Gasteiger partial charge in [-0.1, -0.05) is 24.3 Å². The summed E-state index contributed by atoms with van der Waals surface area (Å²) in [5.41, 5.74) is 1.35. The Bertz CT molecular complexity index is 1160. The maximum atomic E-state index is 13.7. The number of benzene rings is 2. The number of hydrogen-bond donors (Lipinski definition) is 2. The summed E-state index contributed by atoms with van der Waals surface area (Å²) in [6, 6.07) is 13.5. The molecular weight excluding hydrogens is 453 g/mol. The van der Waals surface area contributed by atoms with Gasteiger partial charge in [-0.15, -0.1) is 11.3 Å². The SMILES string of the molecule is O=C(NCc1nc(C(=O)NCCc2ccccc2F)cs1)c1ccc(OC2C=CCCC2)cc1. The second kappa shape index (κ2) is 11.6. The zero-order chi connectivity index (χ0) is 23.8. The largest absolute Gasteiger partial charge is 0.486 e. The lowest BCUT2D eigenvalue weighted by atomic mass is 10.1. The minimum absolute atomic E-state index is 0.0873. The molecule has 2 amide bonds. The quantitative estimate of drug-likeness (QED) is 0.437. The van der Waals surface area contributed by atoms with E-state index in [0.29, 0.717) is 29.1 Å². The number of ether oxygens (including phenoxy) is 1. The lowest BCUT2D eigenvalue weighted by molar-refractivity contribution is 0.0945. The molecule has 1 atom stereocenters. The van der Waals surface area contributed by atoms with Crippen LogP contribution in [0.3, 0.4) is 0 Å². The molecule has 1 unspecified atom stereocenters. The van der Waals surface area contributed by atoms with Crippen molar-refractivity contribution in [3.05, 3.63) is 93.7 Å². The van der Waals surface area contributed by atoms with Crippen LogP contribution in [0.1, 0.15) is 50.7 Å². The van der Waals surface area contributed by atoms with Crippen molar-refractivity contribution in [3.8, 4) is 5.75 Å². The van der Waals surface area contributed by atoms with E-state index in [4.69, 9.17) is 4.74 Å². The van der Waals surface area contributed by atoms with E-state index in [2.05, 4.69) is 27.8 Å². The highest BCUT2D eigenvalue weighted by atomic mass is 32.1. The van der Waals surface area contributed by atoms with E-state index in [0.717, 1.165) is 25.0 Å². The molecule has 1 heterocycles. The first-order valence-corrected chi connectivity index (χ1v) is 12.1. The van der Waals surface area contributed by atoms with Crippen LogP contribution >= 0.6 is 11.3 Å². The topological polar surface area (TPSA) is 80.3 Å². The monoisotopic (exact) mass is 479 g/mol. The van der Waals surface area contributed by atoms with Gasteiger partial charge in [-0.2, -0.15) is 0 Å². The minimum atomic E-state index is -0.325. The molecule has 3 aromatic rings. The van der Waals surface area contributed by atoms with Crippen molar-refractivity contribution in [2.75, 3.05) is 6.54 Å². The molecule has 0 saturated carbocycles. The Morgan fingerprint density at radius 3 is 2.68 bits per heavy atom. The summed E-state index contributed by atoms with van der Waals surface area (Å²) in [4.78, 5) is 29.1. The summed E-state index contributed by atoms with van der Waals surface area (Å²) >= 11 is 1.30. The second-order valence-corrected chi connectivity index (χ2v) is 8.89.